The Morgan fingerprint density at radius 1 is 1.07 bits per heavy atom. The van der Waals surface area contributed by atoms with Crippen molar-refractivity contribution in [2.24, 2.45) is 11.8 Å². The monoisotopic (exact) mass is 315 g/mol. The average molecular weight is 315 g/mol. The Hall–Kier alpha value is -0.290. The van der Waals surface area contributed by atoms with Crippen LogP contribution < -0.4 is 4.90 Å². The van der Waals surface area contributed by atoms with Crippen LogP contribution >= 0.6 is 22.6 Å². The highest BCUT2D eigenvalue weighted by atomic mass is 127. The van der Waals surface area contributed by atoms with Crippen molar-refractivity contribution in [3.63, 3.8) is 0 Å². The van der Waals surface area contributed by atoms with E-state index in [1.807, 2.05) is 0 Å². The van der Waals surface area contributed by atoms with Crippen molar-refractivity contribution in [2.45, 2.75) is 0 Å². The first-order valence-electron chi connectivity index (χ1n) is 5.41. The standard InChI is InChI=1S/C12H14INO/c13-11-1-3-12(4-2-11)14-5-9(6-14)10-7-15-8-10/h1-4,9-10H,5-8H2. The lowest BCUT2D eigenvalue weighted by Gasteiger charge is -2.47. The zero-order chi connectivity index (χ0) is 10.3. The molecule has 0 bridgehead atoms. The van der Waals surface area contributed by atoms with Gasteiger partial charge in [0.2, 0.25) is 0 Å². The molecule has 0 amide bonds. The number of hydrogen-bond donors (Lipinski definition) is 0. The molecule has 0 spiro atoms. The second-order valence-electron chi connectivity index (χ2n) is 4.44. The maximum Gasteiger partial charge on any atom is 0.0520 e. The molecule has 1 aromatic rings. The molecule has 2 heterocycles. The Morgan fingerprint density at radius 3 is 2.27 bits per heavy atom. The van der Waals surface area contributed by atoms with Gasteiger partial charge < -0.3 is 9.64 Å². The summed E-state index contributed by atoms with van der Waals surface area (Å²) >= 11 is 2.34. The molecule has 2 saturated heterocycles. The summed E-state index contributed by atoms with van der Waals surface area (Å²) < 4.78 is 6.54. The van der Waals surface area contributed by atoms with Crippen LogP contribution in [0.5, 0.6) is 0 Å². The van der Waals surface area contributed by atoms with Crippen molar-refractivity contribution < 1.29 is 4.74 Å². The second-order valence-corrected chi connectivity index (χ2v) is 5.68. The normalized spacial score (nSPS) is 22.3. The van der Waals surface area contributed by atoms with Crippen LogP contribution in [0.25, 0.3) is 0 Å². The van der Waals surface area contributed by atoms with E-state index in [1.54, 1.807) is 0 Å². The summed E-state index contributed by atoms with van der Waals surface area (Å²) in [7, 11) is 0. The summed E-state index contributed by atoms with van der Waals surface area (Å²) in [5, 5.41) is 0. The first-order chi connectivity index (χ1) is 7.33. The van der Waals surface area contributed by atoms with Gasteiger partial charge in [0.15, 0.2) is 0 Å². The molecule has 3 heteroatoms. The summed E-state index contributed by atoms with van der Waals surface area (Å²) in [4.78, 5) is 2.46. The SMILES string of the molecule is Ic1ccc(N2CC(C3COC3)C2)cc1. The Kier molecular flexibility index (Phi) is 2.60. The van der Waals surface area contributed by atoms with Crippen molar-refractivity contribution in [1.29, 1.82) is 0 Å². The van der Waals surface area contributed by atoms with Gasteiger partial charge in [-0.05, 0) is 46.9 Å². The van der Waals surface area contributed by atoms with Crippen LogP contribution in [0.3, 0.4) is 0 Å². The lowest BCUT2D eigenvalue weighted by atomic mass is 9.84. The molecule has 0 unspecified atom stereocenters. The summed E-state index contributed by atoms with van der Waals surface area (Å²) in [6, 6.07) is 8.79. The quantitative estimate of drug-likeness (QED) is 0.777. The fraction of sp³-hybridized carbons (Fsp3) is 0.500. The van der Waals surface area contributed by atoms with E-state index in [0.717, 1.165) is 25.0 Å². The third kappa shape index (κ3) is 1.87. The Labute approximate surface area is 104 Å². The molecular formula is C12H14INO. The molecule has 0 N–H and O–H groups in total. The lowest BCUT2D eigenvalue weighted by Crippen LogP contribution is -2.54. The van der Waals surface area contributed by atoms with Gasteiger partial charge in [0.25, 0.3) is 0 Å². The van der Waals surface area contributed by atoms with Gasteiger partial charge in [-0.15, -0.1) is 0 Å². The lowest BCUT2D eigenvalue weighted by molar-refractivity contribution is -0.0659. The fourth-order valence-corrected chi connectivity index (χ4v) is 2.56. The fourth-order valence-electron chi connectivity index (χ4n) is 2.20. The van der Waals surface area contributed by atoms with E-state index in [1.165, 1.54) is 22.3 Å². The van der Waals surface area contributed by atoms with Gasteiger partial charge in [0, 0.05) is 34.2 Å². The molecule has 80 valence electrons. The van der Waals surface area contributed by atoms with E-state index in [9.17, 15) is 0 Å². The van der Waals surface area contributed by atoms with Crippen LogP contribution in [-0.2, 0) is 4.74 Å². The molecule has 2 aliphatic heterocycles. The smallest absolute Gasteiger partial charge is 0.0520 e. The third-order valence-corrected chi connectivity index (χ3v) is 4.15. The summed E-state index contributed by atoms with van der Waals surface area (Å²) in [5.74, 6) is 1.71. The van der Waals surface area contributed by atoms with E-state index in [-0.39, 0.29) is 0 Å². The number of ether oxygens (including phenoxy) is 1. The molecule has 0 aliphatic carbocycles. The Bertz CT molecular complexity index is 341. The molecule has 0 radical (unpaired) electrons. The van der Waals surface area contributed by atoms with Gasteiger partial charge in [0.05, 0.1) is 13.2 Å². The summed E-state index contributed by atoms with van der Waals surface area (Å²) in [6.07, 6.45) is 0. The number of halogens is 1. The minimum atomic E-state index is 0.838. The molecule has 2 nitrogen and oxygen atoms in total. The van der Waals surface area contributed by atoms with Gasteiger partial charge in [-0.1, -0.05) is 0 Å². The predicted molar refractivity (Wildman–Crippen MR) is 69.2 cm³/mol. The molecule has 0 atom stereocenters. The molecule has 1 aromatic carbocycles. The number of nitrogens with zero attached hydrogens (tertiary/aromatic N) is 1. The molecule has 0 aromatic heterocycles. The maximum atomic E-state index is 5.23. The third-order valence-electron chi connectivity index (χ3n) is 3.43. The highest BCUT2D eigenvalue weighted by Crippen LogP contribution is 2.32. The van der Waals surface area contributed by atoms with Crippen molar-refractivity contribution in [2.75, 3.05) is 31.2 Å². The van der Waals surface area contributed by atoms with E-state index < -0.39 is 0 Å². The number of rotatable bonds is 2. The zero-order valence-corrected chi connectivity index (χ0v) is 10.7. The molecule has 15 heavy (non-hydrogen) atoms. The Morgan fingerprint density at radius 2 is 1.73 bits per heavy atom. The van der Waals surface area contributed by atoms with Gasteiger partial charge in [-0.3, -0.25) is 0 Å². The van der Waals surface area contributed by atoms with Crippen LogP contribution in [0.1, 0.15) is 0 Å². The first kappa shape index (κ1) is 9.90. The maximum absolute atomic E-state index is 5.23. The number of hydrogen-bond acceptors (Lipinski definition) is 2. The Balaban J connectivity index is 1.59. The number of benzene rings is 1. The van der Waals surface area contributed by atoms with E-state index in [2.05, 4.69) is 51.8 Å². The van der Waals surface area contributed by atoms with Crippen molar-refractivity contribution in [3.05, 3.63) is 27.8 Å². The van der Waals surface area contributed by atoms with Crippen LogP contribution in [0.15, 0.2) is 24.3 Å². The molecule has 2 fully saturated rings. The minimum absolute atomic E-state index is 0.838. The largest absolute Gasteiger partial charge is 0.381 e. The summed E-state index contributed by atoms with van der Waals surface area (Å²) in [5.41, 5.74) is 1.37. The van der Waals surface area contributed by atoms with E-state index >= 15 is 0 Å². The van der Waals surface area contributed by atoms with Gasteiger partial charge >= 0.3 is 0 Å². The minimum Gasteiger partial charge on any atom is -0.381 e. The van der Waals surface area contributed by atoms with Gasteiger partial charge in [0.1, 0.15) is 0 Å². The second kappa shape index (κ2) is 3.94. The molecular weight excluding hydrogens is 301 g/mol. The van der Waals surface area contributed by atoms with Crippen LogP contribution in [0, 0.1) is 15.4 Å². The summed E-state index contributed by atoms with van der Waals surface area (Å²) in [6.45, 7) is 4.42. The van der Waals surface area contributed by atoms with Crippen LogP contribution in [0.4, 0.5) is 5.69 Å². The van der Waals surface area contributed by atoms with E-state index in [4.69, 9.17) is 4.74 Å². The van der Waals surface area contributed by atoms with Crippen LogP contribution in [-0.4, -0.2) is 26.3 Å². The topological polar surface area (TPSA) is 12.5 Å². The molecule has 0 saturated carbocycles. The van der Waals surface area contributed by atoms with Crippen molar-refractivity contribution in [3.8, 4) is 0 Å². The molecule has 3 rings (SSSR count). The molecule has 2 aliphatic rings. The van der Waals surface area contributed by atoms with E-state index in [0.29, 0.717) is 0 Å². The van der Waals surface area contributed by atoms with Gasteiger partial charge in [-0.2, -0.15) is 0 Å². The average Bonchev–Trinajstić information content (AvgIpc) is 2.09. The predicted octanol–water partition coefficient (Wildman–Crippen LogP) is 2.37. The number of anilines is 1. The van der Waals surface area contributed by atoms with Gasteiger partial charge in [-0.25, -0.2) is 0 Å². The highest BCUT2D eigenvalue weighted by molar-refractivity contribution is 14.1. The van der Waals surface area contributed by atoms with Crippen LogP contribution in [0.2, 0.25) is 0 Å². The first-order valence-corrected chi connectivity index (χ1v) is 6.49. The highest BCUT2D eigenvalue weighted by Gasteiger charge is 2.37. The van der Waals surface area contributed by atoms with Crippen molar-refractivity contribution in [1.82, 2.24) is 0 Å². The zero-order valence-electron chi connectivity index (χ0n) is 8.53. The van der Waals surface area contributed by atoms with Crippen molar-refractivity contribution >= 4 is 28.3 Å².